The molecule has 0 atom stereocenters. The van der Waals surface area contributed by atoms with E-state index in [-0.39, 0.29) is 5.91 Å². The van der Waals surface area contributed by atoms with Crippen LogP contribution in [0.15, 0.2) is 60.8 Å². The largest absolute Gasteiger partial charge is 0.494 e. The van der Waals surface area contributed by atoms with E-state index in [1.165, 1.54) is 0 Å². The molecule has 0 aliphatic heterocycles. The quantitative estimate of drug-likeness (QED) is 0.719. The van der Waals surface area contributed by atoms with Crippen LogP contribution in [0.2, 0.25) is 0 Å². The molecule has 132 valence electrons. The van der Waals surface area contributed by atoms with Gasteiger partial charge in [0.15, 0.2) is 0 Å². The molecule has 1 saturated carbocycles. The number of hydrogen-bond acceptors (Lipinski definition) is 3. The highest BCUT2D eigenvalue weighted by atomic mass is 16.5. The number of para-hydroxylation sites is 1. The first-order valence-corrected chi connectivity index (χ1v) is 8.94. The molecule has 5 heteroatoms. The van der Waals surface area contributed by atoms with Crippen molar-refractivity contribution in [2.24, 2.45) is 0 Å². The van der Waals surface area contributed by atoms with Crippen LogP contribution in [-0.2, 0) is 0 Å². The molecule has 0 radical (unpaired) electrons. The van der Waals surface area contributed by atoms with Gasteiger partial charge in [0.1, 0.15) is 5.75 Å². The van der Waals surface area contributed by atoms with E-state index in [2.05, 4.69) is 10.4 Å². The third kappa shape index (κ3) is 3.33. The van der Waals surface area contributed by atoms with Crippen molar-refractivity contribution in [1.29, 1.82) is 0 Å². The summed E-state index contributed by atoms with van der Waals surface area (Å²) in [5.74, 6) is 1.07. The zero-order valence-electron chi connectivity index (χ0n) is 14.7. The first-order valence-electron chi connectivity index (χ1n) is 8.94. The van der Waals surface area contributed by atoms with Crippen molar-refractivity contribution in [2.45, 2.75) is 25.7 Å². The van der Waals surface area contributed by atoms with Crippen LogP contribution >= 0.6 is 0 Å². The molecular weight excluding hydrogens is 326 g/mol. The van der Waals surface area contributed by atoms with Crippen LogP contribution in [0.3, 0.4) is 0 Å². The molecule has 4 rings (SSSR count). The number of anilines is 1. The molecule has 26 heavy (non-hydrogen) atoms. The van der Waals surface area contributed by atoms with Gasteiger partial charge in [0, 0.05) is 11.6 Å². The van der Waals surface area contributed by atoms with Crippen molar-refractivity contribution in [3.63, 3.8) is 0 Å². The molecule has 5 nitrogen and oxygen atoms in total. The Kier molecular flexibility index (Phi) is 4.44. The van der Waals surface area contributed by atoms with E-state index < -0.39 is 0 Å². The van der Waals surface area contributed by atoms with Crippen molar-refractivity contribution in [3.05, 3.63) is 72.1 Å². The molecule has 2 aromatic carbocycles. The Labute approximate surface area is 152 Å². The van der Waals surface area contributed by atoms with Gasteiger partial charge in [-0.05, 0) is 56.2 Å². The average molecular weight is 347 g/mol. The van der Waals surface area contributed by atoms with Crippen molar-refractivity contribution in [3.8, 4) is 11.4 Å². The van der Waals surface area contributed by atoms with Crippen molar-refractivity contribution in [1.82, 2.24) is 9.78 Å². The second kappa shape index (κ2) is 7.04. The summed E-state index contributed by atoms with van der Waals surface area (Å²) in [6, 6.07) is 17.4. The van der Waals surface area contributed by atoms with E-state index in [1.807, 2.05) is 66.2 Å². The predicted molar refractivity (Wildman–Crippen MR) is 101 cm³/mol. The lowest BCUT2D eigenvalue weighted by atomic mass is 10.1. The second-order valence-corrected chi connectivity index (χ2v) is 6.38. The monoisotopic (exact) mass is 347 g/mol. The Morgan fingerprint density at radius 1 is 1.15 bits per heavy atom. The van der Waals surface area contributed by atoms with Gasteiger partial charge in [0.2, 0.25) is 0 Å². The number of aromatic nitrogens is 2. The Morgan fingerprint density at radius 3 is 2.54 bits per heavy atom. The summed E-state index contributed by atoms with van der Waals surface area (Å²) < 4.78 is 7.33. The number of hydrogen-bond donors (Lipinski definition) is 1. The lowest BCUT2D eigenvalue weighted by Crippen LogP contribution is -2.14. The van der Waals surface area contributed by atoms with Crippen LogP contribution < -0.4 is 10.1 Å². The fourth-order valence-electron chi connectivity index (χ4n) is 3.06. The Balaban J connectivity index is 1.59. The smallest absolute Gasteiger partial charge is 0.259 e. The molecule has 3 aromatic rings. The highest BCUT2D eigenvalue weighted by Crippen LogP contribution is 2.42. The van der Waals surface area contributed by atoms with Crippen LogP contribution in [0.25, 0.3) is 5.69 Å². The van der Waals surface area contributed by atoms with Gasteiger partial charge < -0.3 is 10.1 Å². The number of nitrogens with zero attached hydrogens (tertiary/aromatic N) is 2. The van der Waals surface area contributed by atoms with E-state index in [1.54, 1.807) is 6.20 Å². The van der Waals surface area contributed by atoms with Crippen LogP contribution in [0.4, 0.5) is 5.69 Å². The molecule has 1 aliphatic carbocycles. The predicted octanol–water partition coefficient (Wildman–Crippen LogP) is 4.40. The highest BCUT2D eigenvalue weighted by Gasteiger charge is 2.32. The molecule has 1 aliphatic rings. The van der Waals surface area contributed by atoms with Crippen LogP contribution in [0.5, 0.6) is 5.75 Å². The number of carbonyl (C=O) groups is 1. The second-order valence-electron chi connectivity index (χ2n) is 6.38. The lowest BCUT2D eigenvalue weighted by Gasteiger charge is -2.10. The number of carbonyl (C=O) groups excluding carboxylic acids is 1. The first kappa shape index (κ1) is 16.4. The van der Waals surface area contributed by atoms with Crippen molar-refractivity contribution in [2.75, 3.05) is 11.9 Å². The van der Waals surface area contributed by atoms with Gasteiger partial charge in [0.25, 0.3) is 5.91 Å². The number of ether oxygens (including phenoxy) is 1. The number of rotatable bonds is 6. The standard InChI is InChI=1S/C21H21N3O2/c1-2-26-18-12-10-16(11-13-18)23-21(25)19-14-22-24(20(19)15-8-9-15)17-6-4-3-5-7-17/h3-7,10-15H,2,8-9H2,1H3,(H,23,25). The third-order valence-electron chi connectivity index (χ3n) is 4.44. The normalized spacial score (nSPS) is 13.4. The summed E-state index contributed by atoms with van der Waals surface area (Å²) in [7, 11) is 0. The summed E-state index contributed by atoms with van der Waals surface area (Å²) >= 11 is 0. The van der Waals surface area contributed by atoms with E-state index in [0.717, 1.165) is 35.7 Å². The number of amides is 1. The van der Waals surface area contributed by atoms with Crippen LogP contribution in [-0.4, -0.2) is 22.3 Å². The topological polar surface area (TPSA) is 56.1 Å². The fourth-order valence-corrected chi connectivity index (χ4v) is 3.06. The highest BCUT2D eigenvalue weighted by molar-refractivity contribution is 6.05. The van der Waals surface area contributed by atoms with E-state index in [4.69, 9.17) is 4.74 Å². The molecule has 0 unspecified atom stereocenters. The molecule has 1 heterocycles. The fraction of sp³-hybridized carbons (Fsp3) is 0.238. The van der Waals surface area contributed by atoms with Gasteiger partial charge in [-0.25, -0.2) is 4.68 Å². The van der Waals surface area contributed by atoms with E-state index >= 15 is 0 Å². The summed E-state index contributed by atoms with van der Waals surface area (Å²) in [5, 5.41) is 7.45. The molecular formula is C21H21N3O2. The van der Waals surface area contributed by atoms with Gasteiger partial charge in [-0.15, -0.1) is 0 Å². The first-order chi connectivity index (χ1) is 12.8. The maximum absolute atomic E-state index is 12.8. The van der Waals surface area contributed by atoms with Crippen molar-refractivity contribution >= 4 is 11.6 Å². The van der Waals surface area contributed by atoms with Crippen molar-refractivity contribution < 1.29 is 9.53 Å². The summed E-state index contributed by atoms with van der Waals surface area (Å²) in [6.45, 7) is 2.56. The summed E-state index contributed by atoms with van der Waals surface area (Å²) in [6.07, 6.45) is 3.87. The number of benzene rings is 2. The molecule has 1 amide bonds. The van der Waals surface area contributed by atoms with Gasteiger partial charge >= 0.3 is 0 Å². The Hall–Kier alpha value is -3.08. The SMILES string of the molecule is CCOc1ccc(NC(=O)c2cnn(-c3ccccc3)c2C2CC2)cc1. The summed E-state index contributed by atoms with van der Waals surface area (Å²) in [4.78, 5) is 12.8. The molecule has 1 fully saturated rings. The maximum Gasteiger partial charge on any atom is 0.259 e. The van der Waals surface area contributed by atoms with E-state index in [9.17, 15) is 4.79 Å². The summed E-state index contributed by atoms with van der Waals surface area (Å²) in [5.41, 5.74) is 3.37. The van der Waals surface area contributed by atoms with Gasteiger partial charge in [-0.2, -0.15) is 5.10 Å². The van der Waals surface area contributed by atoms with Gasteiger partial charge in [-0.3, -0.25) is 4.79 Å². The lowest BCUT2D eigenvalue weighted by molar-refractivity contribution is 0.102. The van der Waals surface area contributed by atoms with Gasteiger partial charge in [0.05, 0.1) is 29.7 Å². The molecule has 0 saturated heterocycles. The third-order valence-corrected chi connectivity index (χ3v) is 4.44. The van der Waals surface area contributed by atoms with Gasteiger partial charge in [-0.1, -0.05) is 18.2 Å². The van der Waals surface area contributed by atoms with Crippen LogP contribution in [0.1, 0.15) is 41.7 Å². The minimum atomic E-state index is -0.127. The minimum Gasteiger partial charge on any atom is -0.494 e. The average Bonchev–Trinajstić information content (AvgIpc) is 3.42. The van der Waals surface area contributed by atoms with Crippen LogP contribution in [0, 0.1) is 0 Å². The maximum atomic E-state index is 12.8. The molecule has 1 N–H and O–H groups in total. The molecule has 0 bridgehead atoms. The molecule has 1 aromatic heterocycles. The Morgan fingerprint density at radius 2 is 1.88 bits per heavy atom. The Bertz CT molecular complexity index is 897. The van der Waals surface area contributed by atoms with E-state index in [0.29, 0.717) is 18.1 Å². The minimum absolute atomic E-state index is 0.127. The number of nitrogens with one attached hydrogen (secondary N) is 1. The zero-order chi connectivity index (χ0) is 17.9. The molecule has 0 spiro atoms. The zero-order valence-corrected chi connectivity index (χ0v) is 14.7.